The summed E-state index contributed by atoms with van der Waals surface area (Å²) in [5.74, 6) is 0. The topological polar surface area (TPSA) is 91.5 Å². The first-order valence-corrected chi connectivity index (χ1v) is 11.2. The first-order chi connectivity index (χ1) is 14.4. The molecule has 0 aliphatic heterocycles. The van der Waals surface area contributed by atoms with Crippen molar-refractivity contribution in [2.75, 3.05) is 0 Å². The van der Waals surface area contributed by atoms with E-state index in [0.717, 1.165) is 33.1 Å². The summed E-state index contributed by atoms with van der Waals surface area (Å²) in [6, 6.07) is 15.1. The maximum Gasteiger partial charge on any atom is 0.180 e. The molecule has 0 aliphatic carbocycles. The van der Waals surface area contributed by atoms with E-state index >= 15 is 0 Å². The van der Waals surface area contributed by atoms with Crippen LogP contribution in [0.25, 0.3) is 44.5 Å². The van der Waals surface area contributed by atoms with E-state index < -0.39 is 15.1 Å². The molecule has 0 bridgehead atoms. The van der Waals surface area contributed by atoms with Crippen LogP contribution in [-0.2, 0) is 9.84 Å². The van der Waals surface area contributed by atoms with Crippen molar-refractivity contribution in [3.8, 4) is 22.4 Å². The van der Waals surface area contributed by atoms with Crippen molar-refractivity contribution in [2.24, 2.45) is 0 Å². The van der Waals surface area contributed by atoms with Crippen LogP contribution in [0.15, 0.2) is 72.0 Å². The molecule has 3 aromatic heterocycles. The van der Waals surface area contributed by atoms with Gasteiger partial charge in [-0.1, -0.05) is 18.2 Å². The van der Waals surface area contributed by atoms with E-state index in [0.29, 0.717) is 16.2 Å². The average molecular weight is 417 g/mol. The Labute approximate surface area is 173 Å². The summed E-state index contributed by atoms with van der Waals surface area (Å²) in [4.78, 5) is 16.0. The van der Waals surface area contributed by atoms with Crippen LogP contribution >= 0.6 is 0 Å². The normalized spacial score (nSPS) is 12.2. The number of rotatable bonds is 4. The fraction of sp³-hybridized carbons (Fsp3) is 0.130. The smallest absolute Gasteiger partial charge is 0.180 e. The van der Waals surface area contributed by atoms with Gasteiger partial charge in [0.25, 0.3) is 0 Å². The van der Waals surface area contributed by atoms with Crippen molar-refractivity contribution in [2.45, 2.75) is 24.0 Å². The van der Waals surface area contributed by atoms with Crippen molar-refractivity contribution in [3.05, 3.63) is 67.1 Å². The van der Waals surface area contributed by atoms with Crippen LogP contribution in [0, 0.1) is 0 Å². The van der Waals surface area contributed by atoms with E-state index in [9.17, 15) is 8.42 Å². The van der Waals surface area contributed by atoms with Gasteiger partial charge in [0.1, 0.15) is 5.52 Å². The van der Waals surface area contributed by atoms with Crippen LogP contribution in [-0.4, -0.2) is 33.6 Å². The molecular weight excluding hydrogens is 396 g/mol. The number of sulfone groups is 1. The predicted octanol–water partition coefficient (Wildman–Crippen LogP) is 4.96. The zero-order valence-corrected chi connectivity index (χ0v) is 17.4. The molecule has 5 aromatic rings. The fourth-order valence-corrected chi connectivity index (χ4v) is 4.62. The number of aromatic nitrogens is 4. The molecule has 0 atom stereocenters. The van der Waals surface area contributed by atoms with Crippen molar-refractivity contribution in [3.63, 3.8) is 0 Å². The van der Waals surface area contributed by atoms with Gasteiger partial charge in [-0.2, -0.15) is 0 Å². The molecule has 2 aromatic carbocycles. The lowest BCUT2D eigenvalue weighted by atomic mass is 10.1. The molecule has 0 spiro atoms. The van der Waals surface area contributed by atoms with Crippen LogP contribution in [0.5, 0.6) is 0 Å². The molecule has 150 valence electrons. The van der Waals surface area contributed by atoms with E-state index in [1.807, 2.05) is 18.5 Å². The lowest BCUT2D eigenvalue weighted by Crippen LogP contribution is -2.13. The highest BCUT2D eigenvalue weighted by Gasteiger charge is 2.19. The van der Waals surface area contributed by atoms with E-state index in [1.165, 1.54) is 0 Å². The van der Waals surface area contributed by atoms with Crippen molar-refractivity contribution in [1.29, 1.82) is 0 Å². The Morgan fingerprint density at radius 2 is 1.70 bits per heavy atom. The number of hydrogen-bond donors (Lipinski definition) is 2. The number of H-pyrrole nitrogens is 2. The third kappa shape index (κ3) is 2.98. The molecule has 6 nitrogen and oxygen atoms in total. The quantitative estimate of drug-likeness (QED) is 0.433. The Morgan fingerprint density at radius 3 is 2.47 bits per heavy atom. The van der Waals surface area contributed by atoms with Gasteiger partial charge >= 0.3 is 0 Å². The first-order valence-electron chi connectivity index (χ1n) is 9.69. The number of nitrogens with zero attached hydrogens (tertiary/aromatic N) is 2. The molecule has 2 N–H and O–H groups in total. The SMILES string of the molecule is CC(C)S(=O)(=O)c1ccc(-c2cnc3[nH]cc(-c4ccc5[nH]ccc5c4)c3n2)cc1. The second-order valence-electron chi connectivity index (χ2n) is 7.55. The lowest BCUT2D eigenvalue weighted by molar-refractivity contribution is 0.587. The Kier molecular flexibility index (Phi) is 4.22. The molecule has 5 rings (SSSR count). The minimum atomic E-state index is -3.30. The second-order valence-corrected chi connectivity index (χ2v) is 10.1. The van der Waals surface area contributed by atoms with Crippen molar-refractivity contribution < 1.29 is 8.42 Å². The standard InChI is InChI=1S/C23H20N4O2S/c1-14(2)30(28,29)18-6-3-15(4-7-18)21-13-26-23-22(27-21)19(12-25-23)16-5-8-20-17(11-16)9-10-24-20/h3-14,24H,1-2H3,(H,25,26). The third-order valence-electron chi connectivity index (χ3n) is 5.34. The van der Waals surface area contributed by atoms with E-state index in [2.05, 4.69) is 33.2 Å². The summed E-state index contributed by atoms with van der Waals surface area (Å²) in [6.07, 6.45) is 5.54. The second kappa shape index (κ2) is 6.81. The average Bonchev–Trinajstić information content (AvgIpc) is 3.39. The number of hydrogen-bond acceptors (Lipinski definition) is 4. The van der Waals surface area contributed by atoms with Gasteiger partial charge in [0.2, 0.25) is 0 Å². The van der Waals surface area contributed by atoms with Crippen molar-refractivity contribution >= 4 is 31.9 Å². The molecule has 0 saturated carbocycles. The van der Waals surface area contributed by atoms with Gasteiger partial charge in [-0.05, 0) is 55.1 Å². The first kappa shape index (κ1) is 18.6. The molecule has 0 unspecified atom stereocenters. The van der Waals surface area contributed by atoms with Gasteiger partial charge in [0.05, 0.1) is 22.0 Å². The Balaban J connectivity index is 1.57. The van der Waals surface area contributed by atoms with Gasteiger partial charge in [-0.25, -0.2) is 18.4 Å². The van der Waals surface area contributed by atoms with Gasteiger partial charge in [0.15, 0.2) is 15.5 Å². The van der Waals surface area contributed by atoms with Gasteiger partial charge in [-0.3, -0.25) is 0 Å². The van der Waals surface area contributed by atoms with Gasteiger partial charge in [0, 0.05) is 29.0 Å². The van der Waals surface area contributed by atoms with Crippen LogP contribution in [0.4, 0.5) is 0 Å². The maximum atomic E-state index is 12.4. The van der Waals surface area contributed by atoms with E-state index in [1.54, 1.807) is 44.3 Å². The summed E-state index contributed by atoms with van der Waals surface area (Å²) in [6.45, 7) is 3.36. The molecule has 30 heavy (non-hydrogen) atoms. The minimum Gasteiger partial charge on any atom is -0.361 e. The van der Waals surface area contributed by atoms with Gasteiger partial charge in [-0.15, -0.1) is 0 Å². The fourth-order valence-electron chi connectivity index (χ4n) is 3.56. The predicted molar refractivity (Wildman–Crippen MR) is 119 cm³/mol. The highest BCUT2D eigenvalue weighted by atomic mass is 32.2. The number of benzene rings is 2. The van der Waals surface area contributed by atoms with E-state index in [-0.39, 0.29) is 0 Å². The molecule has 0 amide bonds. The maximum absolute atomic E-state index is 12.4. The highest BCUT2D eigenvalue weighted by molar-refractivity contribution is 7.92. The molecule has 0 radical (unpaired) electrons. The van der Waals surface area contributed by atoms with Gasteiger partial charge < -0.3 is 9.97 Å². The third-order valence-corrected chi connectivity index (χ3v) is 7.51. The van der Waals surface area contributed by atoms with Crippen LogP contribution < -0.4 is 0 Å². The highest BCUT2D eigenvalue weighted by Crippen LogP contribution is 2.30. The number of aromatic amines is 2. The lowest BCUT2D eigenvalue weighted by Gasteiger charge is -2.08. The molecule has 0 aliphatic rings. The Morgan fingerprint density at radius 1 is 0.933 bits per heavy atom. The van der Waals surface area contributed by atoms with Crippen LogP contribution in [0.3, 0.4) is 0 Å². The largest absolute Gasteiger partial charge is 0.361 e. The van der Waals surface area contributed by atoms with Crippen LogP contribution in [0.1, 0.15) is 13.8 Å². The van der Waals surface area contributed by atoms with Crippen molar-refractivity contribution in [1.82, 2.24) is 19.9 Å². The Bertz CT molecular complexity index is 1480. The minimum absolute atomic E-state index is 0.317. The molecule has 0 saturated heterocycles. The number of fused-ring (bicyclic) bond motifs is 2. The summed E-state index contributed by atoms with van der Waals surface area (Å²) < 4.78 is 24.7. The molecule has 7 heteroatoms. The monoisotopic (exact) mass is 416 g/mol. The summed E-state index contributed by atoms with van der Waals surface area (Å²) in [5.41, 5.74) is 6.12. The molecule has 0 fully saturated rings. The summed E-state index contributed by atoms with van der Waals surface area (Å²) in [7, 11) is -3.30. The Hall–Kier alpha value is -3.45. The zero-order valence-electron chi connectivity index (χ0n) is 16.5. The molecular formula is C23H20N4O2S. The number of nitrogens with one attached hydrogen (secondary N) is 2. The summed E-state index contributed by atoms with van der Waals surface area (Å²) >= 11 is 0. The zero-order chi connectivity index (χ0) is 20.9. The van der Waals surface area contributed by atoms with Crippen LogP contribution in [0.2, 0.25) is 0 Å². The molecule has 3 heterocycles. The summed E-state index contributed by atoms with van der Waals surface area (Å²) in [5, 5.41) is 0.673. The van der Waals surface area contributed by atoms with E-state index in [4.69, 9.17) is 4.98 Å².